The molecule has 17 heavy (non-hydrogen) atoms. The Labute approximate surface area is 108 Å². The molecular weight excluding hydrogens is 232 g/mol. The third-order valence-corrected chi connectivity index (χ3v) is 4.09. The van der Waals surface area contributed by atoms with Gasteiger partial charge in [0.15, 0.2) is 5.78 Å². The zero-order valence-electron chi connectivity index (χ0n) is 10.3. The summed E-state index contributed by atoms with van der Waals surface area (Å²) in [5.74, 6) is 0.505. The lowest BCUT2D eigenvalue weighted by Crippen LogP contribution is -2.14. The standard InChI is InChI=1S/C15H19ClO/c1-11-8-9-13(10-14(11)16)15(17)12-6-4-2-3-5-7-12/h8-10,12H,2-7H2,1H3. The molecule has 1 aliphatic carbocycles. The van der Waals surface area contributed by atoms with Crippen LogP contribution in [0.3, 0.4) is 0 Å². The van der Waals surface area contributed by atoms with E-state index in [-0.39, 0.29) is 11.7 Å². The van der Waals surface area contributed by atoms with Crippen molar-refractivity contribution in [2.45, 2.75) is 45.4 Å². The van der Waals surface area contributed by atoms with Gasteiger partial charge in [-0.2, -0.15) is 0 Å². The highest BCUT2D eigenvalue weighted by atomic mass is 35.5. The summed E-state index contributed by atoms with van der Waals surface area (Å²) in [5, 5.41) is 0.699. The average molecular weight is 251 g/mol. The first-order valence-corrected chi connectivity index (χ1v) is 6.86. The summed E-state index contributed by atoms with van der Waals surface area (Å²) in [5.41, 5.74) is 1.82. The van der Waals surface area contributed by atoms with Crippen LogP contribution in [0.15, 0.2) is 18.2 Å². The summed E-state index contributed by atoms with van der Waals surface area (Å²) < 4.78 is 0. The summed E-state index contributed by atoms with van der Waals surface area (Å²) in [7, 11) is 0. The van der Waals surface area contributed by atoms with Crippen molar-refractivity contribution in [3.63, 3.8) is 0 Å². The van der Waals surface area contributed by atoms with Crippen LogP contribution in [0, 0.1) is 12.8 Å². The van der Waals surface area contributed by atoms with Crippen LogP contribution in [-0.2, 0) is 0 Å². The number of benzene rings is 1. The Morgan fingerprint density at radius 1 is 1.18 bits per heavy atom. The van der Waals surface area contributed by atoms with Gasteiger partial charge in [-0.3, -0.25) is 4.79 Å². The summed E-state index contributed by atoms with van der Waals surface area (Å²) in [6.07, 6.45) is 7.03. The van der Waals surface area contributed by atoms with Crippen molar-refractivity contribution in [3.05, 3.63) is 34.3 Å². The number of halogens is 1. The van der Waals surface area contributed by atoms with Crippen molar-refractivity contribution in [3.8, 4) is 0 Å². The van der Waals surface area contributed by atoms with Crippen LogP contribution in [-0.4, -0.2) is 5.78 Å². The number of carbonyl (C=O) groups is 1. The Kier molecular flexibility index (Phi) is 4.22. The van der Waals surface area contributed by atoms with Crippen molar-refractivity contribution < 1.29 is 4.79 Å². The fourth-order valence-electron chi connectivity index (χ4n) is 2.52. The molecule has 0 amide bonds. The molecule has 0 aliphatic heterocycles. The van der Waals surface area contributed by atoms with Crippen LogP contribution in [0.25, 0.3) is 0 Å². The van der Waals surface area contributed by atoms with E-state index in [1.165, 1.54) is 25.7 Å². The quantitative estimate of drug-likeness (QED) is 0.544. The molecule has 0 heterocycles. The van der Waals surface area contributed by atoms with E-state index < -0.39 is 0 Å². The summed E-state index contributed by atoms with van der Waals surface area (Å²) >= 11 is 6.08. The van der Waals surface area contributed by atoms with Gasteiger partial charge in [0, 0.05) is 16.5 Å². The zero-order chi connectivity index (χ0) is 12.3. The third-order valence-electron chi connectivity index (χ3n) is 3.68. The highest BCUT2D eigenvalue weighted by Gasteiger charge is 2.21. The number of ketones is 1. The molecule has 0 unspecified atom stereocenters. The van der Waals surface area contributed by atoms with Gasteiger partial charge >= 0.3 is 0 Å². The monoisotopic (exact) mass is 250 g/mol. The second-order valence-electron chi connectivity index (χ2n) is 5.02. The van der Waals surface area contributed by atoms with Crippen molar-refractivity contribution in [1.82, 2.24) is 0 Å². The first-order chi connectivity index (χ1) is 8.18. The molecule has 2 heteroatoms. The molecule has 0 N–H and O–H groups in total. The second-order valence-corrected chi connectivity index (χ2v) is 5.42. The van der Waals surface area contributed by atoms with Gasteiger partial charge in [-0.1, -0.05) is 49.4 Å². The molecule has 1 fully saturated rings. The molecule has 2 rings (SSSR count). The first-order valence-electron chi connectivity index (χ1n) is 6.49. The molecule has 0 spiro atoms. The Bertz CT molecular complexity index is 403. The molecule has 0 saturated heterocycles. The lowest BCUT2D eigenvalue weighted by Gasteiger charge is -2.13. The van der Waals surface area contributed by atoms with Crippen LogP contribution < -0.4 is 0 Å². The molecular formula is C15H19ClO. The highest BCUT2D eigenvalue weighted by Crippen LogP contribution is 2.27. The number of rotatable bonds is 2. The van der Waals surface area contributed by atoms with Gasteiger partial charge in [-0.15, -0.1) is 0 Å². The number of hydrogen-bond donors (Lipinski definition) is 0. The summed E-state index contributed by atoms with van der Waals surface area (Å²) in [6, 6.07) is 5.67. The second kappa shape index (κ2) is 5.68. The lowest BCUT2D eigenvalue weighted by molar-refractivity contribution is 0.0908. The van der Waals surface area contributed by atoms with E-state index in [9.17, 15) is 4.79 Å². The molecule has 0 radical (unpaired) electrons. The van der Waals surface area contributed by atoms with E-state index in [0.29, 0.717) is 5.02 Å². The lowest BCUT2D eigenvalue weighted by atomic mass is 9.91. The third kappa shape index (κ3) is 3.10. The van der Waals surface area contributed by atoms with Crippen molar-refractivity contribution in [1.29, 1.82) is 0 Å². The summed E-state index contributed by atoms with van der Waals surface area (Å²) in [6.45, 7) is 1.96. The highest BCUT2D eigenvalue weighted by molar-refractivity contribution is 6.31. The number of aryl methyl sites for hydroxylation is 1. The topological polar surface area (TPSA) is 17.1 Å². The maximum Gasteiger partial charge on any atom is 0.165 e. The Hall–Kier alpha value is -0.820. The molecule has 1 aliphatic rings. The van der Waals surface area contributed by atoms with E-state index in [1.54, 1.807) is 0 Å². The number of carbonyl (C=O) groups excluding carboxylic acids is 1. The van der Waals surface area contributed by atoms with Crippen LogP contribution in [0.2, 0.25) is 5.02 Å². The molecule has 1 nitrogen and oxygen atoms in total. The van der Waals surface area contributed by atoms with Gasteiger partial charge in [-0.25, -0.2) is 0 Å². The fraction of sp³-hybridized carbons (Fsp3) is 0.533. The van der Waals surface area contributed by atoms with E-state index in [2.05, 4.69) is 0 Å². The molecule has 1 aromatic carbocycles. The fourth-order valence-corrected chi connectivity index (χ4v) is 2.70. The number of hydrogen-bond acceptors (Lipinski definition) is 1. The molecule has 1 aromatic rings. The van der Waals surface area contributed by atoms with Crippen molar-refractivity contribution in [2.24, 2.45) is 5.92 Å². The molecule has 0 aromatic heterocycles. The van der Waals surface area contributed by atoms with E-state index in [0.717, 1.165) is 24.0 Å². The normalized spacial score (nSPS) is 17.8. The van der Waals surface area contributed by atoms with E-state index >= 15 is 0 Å². The minimum absolute atomic E-state index is 0.219. The van der Waals surface area contributed by atoms with Gasteiger partial charge in [0.25, 0.3) is 0 Å². The van der Waals surface area contributed by atoms with Gasteiger partial charge in [0.05, 0.1) is 0 Å². The minimum Gasteiger partial charge on any atom is -0.294 e. The van der Waals surface area contributed by atoms with Crippen LogP contribution >= 0.6 is 11.6 Å². The van der Waals surface area contributed by atoms with Crippen LogP contribution in [0.4, 0.5) is 0 Å². The van der Waals surface area contributed by atoms with Crippen LogP contribution in [0.1, 0.15) is 54.4 Å². The van der Waals surface area contributed by atoms with Crippen molar-refractivity contribution >= 4 is 17.4 Å². The molecule has 0 atom stereocenters. The van der Waals surface area contributed by atoms with Gasteiger partial charge in [0.2, 0.25) is 0 Å². The largest absolute Gasteiger partial charge is 0.294 e. The smallest absolute Gasteiger partial charge is 0.165 e. The molecule has 1 saturated carbocycles. The summed E-state index contributed by atoms with van der Waals surface area (Å²) in [4.78, 5) is 12.4. The SMILES string of the molecule is Cc1ccc(C(=O)C2CCCCCC2)cc1Cl. The van der Waals surface area contributed by atoms with Gasteiger partial charge in [0.1, 0.15) is 0 Å². The molecule has 92 valence electrons. The van der Waals surface area contributed by atoms with Crippen molar-refractivity contribution in [2.75, 3.05) is 0 Å². The molecule has 0 bridgehead atoms. The van der Waals surface area contributed by atoms with Gasteiger partial charge in [-0.05, 0) is 31.4 Å². The average Bonchev–Trinajstić information content (AvgIpc) is 2.60. The number of Topliss-reactive ketones (excluding diaryl/α,β-unsaturated/α-hetero) is 1. The predicted octanol–water partition coefficient (Wildman–Crippen LogP) is 4.80. The Balaban J connectivity index is 2.14. The Morgan fingerprint density at radius 3 is 2.41 bits per heavy atom. The Morgan fingerprint density at radius 2 is 1.82 bits per heavy atom. The zero-order valence-corrected chi connectivity index (χ0v) is 11.1. The van der Waals surface area contributed by atoms with E-state index in [1.807, 2.05) is 25.1 Å². The maximum atomic E-state index is 12.4. The minimum atomic E-state index is 0.219. The van der Waals surface area contributed by atoms with Gasteiger partial charge < -0.3 is 0 Å². The van der Waals surface area contributed by atoms with E-state index in [4.69, 9.17) is 11.6 Å². The maximum absolute atomic E-state index is 12.4. The van der Waals surface area contributed by atoms with Crippen LogP contribution in [0.5, 0.6) is 0 Å². The predicted molar refractivity (Wildman–Crippen MR) is 71.7 cm³/mol. The first kappa shape index (κ1) is 12.6.